The first-order valence-corrected chi connectivity index (χ1v) is 8.66. The second-order valence-electron chi connectivity index (χ2n) is 5.48. The number of nitrogens with one attached hydrogen (secondary N) is 1. The molecule has 0 saturated carbocycles. The van der Waals surface area contributed by atoms with E-state index in [1.807, 2.05) is 0 Å². The third-order valence-electron chi connectivity index (χ3n) is 3.66. The second-order valence-corrected chi connectivity index (χ2v) is 7.27. The average molecular weight is 337 g/mol. The van der Waals surface area contributed by atoms with E-state index in [9.17, 15) is 21.6 Å². The molecule has 1 atom stereocenters. The number of hydrogen-bond donors (Lipinski definition) is 1. The first kappa shape index (κ1) is 17.2. The number of sulfonamides is 1. The summed E-state index contributed by atoms with van der Waals surface area (Å²) in [7, 11) is -3.61. The SMILES string of the molecule is CC(NS(=O)(=O)CC1CCOCC1)c1cc(F)c(F)c(F)c1. The van der Waals surface area contributed by atoms with Gasteiger partial charge in [0.2, 0.25) is 10.0 Å². The summed E-state index contributed by atoms with van der Waals surface area (Å²) in [4.78, 5) is 0. The van der Waals surface area contributed by atoms with Crippen LogP contribution >= 0.6 is 0 Å². The first-order chi connectivity index (χ1) is 10.3. The zero-order chi connectivity index (χ0) is 16.3. The van der Waals surface area contributed by atoms with Crippen LogP contribution in [-0.4, -0.2) is 27.4 Å². The van der Waals surface area contributed by atoms with Gasteiger partial charge in [-0.25, -0.2) is 26.3 Å². The minimum atomic E-state index is -3.61. The molecule has 1 unspecified atom stereocenters. The highest BCUT2D eigenvalue weighted by Crippen LogP contribution is 2.21. The van der Waals surface area contributed by atoms with Crippen LogP contribution in [0.5, 0.6) is 0 Å². The van der Waals surface area contributed by atoms with Crippen LogP contribution in [-0.2, 0) is 14.8 Å². The summed E-state index contributed by atoms with van der Waals surface area (Å²) >= 11 is 0. The number of halogens is 3. The van der Waals surface area contributed by atoms with E-state index in [2.05, 4.69) is 4.72 Å². The Kier molecular flexibility index (Phi) is 5.46. The van der Waals surface area contributed by atoms with Gasteiger partial charge in [0, 0.05) is 19.3 Å². The summed E-state index contributed by atoms with van der Waals surface area (Å²) < 4.78 is 71.1. The van der Waals surface area contributed by atoms with Crippen molar-refractivity contribution in [1.29, 1.82) is 0 Å². The molecule has 0 aliphatic carbocycles. The largest absolute Gasteiger partial charge is 0.381 e. The molecule has 22 heavy (non-hydrogen) atoms. The fourth-order valence-corrected chi connectivity index (χ4v) is 4.16. The zero-order valence-corrected chi connectivity index (χ0v) is 12.9. The molecule has 1 saturated heterocycles. The molecule has 8 heteroatoms. The molecular formula is C14H18F3NO3S. The second kappa shape index (κ2) is 6.97. The quantitative estimate of drug-likeness (QED) is 0.840. The Hall–Kier alpha value is -1.12. The molecule has 0 bridgehead atoms. The van der Waals surface area contributed by atoms with Crippen molar-refractivity contribution in [3.8, 4) is 0 Å². The summed E-state index contributed by atoms with van der Waals surface area (Å²) in [5.74, 6) is -4.32. The summed E-state index contributed by atoms with van der Waals surface area (Å²) in [6.07, 6.45) is 1.32. The fraction of sp³-hybridized carbons (Fsp3) is 0.571. The Morgan fingerprint density at radius 1 is 1.23 bits per heavy atom. The van der Waals surface area contributed by atoms with E-state index >= 15 is 0 Å². The highest BCUT2D eigenvalue weighted by atomic mass is 32.2. The summed E-state index contributed by atoms with van der Waals surface area (Å²) in [5.41, 5.74) is 0.0342. The highest BCUT2D eigenvalue weighted by molar-refractivity contribution is 7.89. The van der Waals surface area contributed by atoms with Crippen molar-refractivity contribution in [3.05, 3.63) is 35.1 Å². The molecule has 0 amide bonds. The Balaban J connectivity index is 2.05. The van der Waals surface area contributed by atoms with Gasteiger partial charge in [-0.05, 0) is 43.4 Å². The third kappa shape index (κ3) is 4.44. The van der Waals surface area contributed by atoms with Crippen molar-refractivity contribution in [2.45, 2.75) is 25.8 Å². The number of ether oxygens (including phenoxy) is 1. The maximum atomic E-state index is 13.2. The number of hydrogen-bond acceptors (Lipinski definition) is 3. The van der Waals surface area contributed by atoms with Gasteiger partial charge in [-0.3, -0.25) is 0 Å². The Bertz CT molecular complexity index is 607. The molecule has 1 aliphatic rings. The van der Waals surface area contributed by atoms with E-state index in [1.54, 1.807) is 0 Å². The standard InChI is InChI=1S/C14H18F3NO3S/c1-9(11-6-12(15)14(17)13(16)7-11)18-22(19,20)8-10-2-4-21-5-3-10/h6-7,9-10,18H,2-5,8H2,1H3. The van der Waals surface area contributed by atoms with Crippen molar-refractivity contribution in [2.24, 2.45) is 5.92 Å². The van der Waals surface area contributed by atoms with Gasteiger partial charge < -0.3 is 4.74 Å². The molecular weight excluding hydrogens is 319 g/mol. The van der Waals surface area contributed by atoms with E-state index < -0.39 is 33.5 Å². The van der Waals surface area contributed by atoms with Crippen LogP contribution in [0.3, 0.4) is 0 Å². The minimum Gasteiger partial charge on any atom is -0.381 e. The lowest BCUT2D eigenvalue weighted by Gasteiger charge is -2.23. The molecule has 1 aliphatic heterocycles. The van der Waals surface area contributed by atoms with E-state index in [-0.39, 0.29) is 17.2 Å². The van der Waals surface area contributed by atoms with Gasteiger partial charge in [-0.1, -0.05) is 0 Å². The van der Waals surface area contributed by atoms with Crippen LogP contribution < -0.4 is 4.72 Å². The smallest absolute Gasteiger partial charge is 0.212 e. The zero-order valence-electron chi connectivity index (χ0n) is 12.1. The summed E-state index contributed by atoms with van der Waals surface area (Å²) in [6, 6.07) is 0.731. The van der Waals surface area contributed by atoms with Crippen LogP contribution in [0.2, 0.25) is 0 Å². The van der Waals surface area contributed by atoms with Gasteiger partial charge in [-0.15, -0.1) is 0 Å². The molecule has 1 aromatic carbocycles. The normalized spacial score (nSPS) is 18.4. The average Bonchev–Trinajstić information content (AvgIpc) is 2.44. The molecule has 124 valence electrons. The van der Waals surface area contributed by atoms with Crippen molar-refractivity contribution >= 4 is 10.0 Å². The van der Waals surface area contributed by atoms with E-state index in [0.717, 1.165) is 12.1 Å². The lowest BCUT2D eigenvalue weighted by molar-refractivity contribution is 0.0723. The molecule has 0 aromatic heterocycles. The molecule has 1 fully saturated rings. The van der Waals surface area contributed by atoms with Gasteiger partial charge >= 0.3 is 0 Å². The van der Waals surface area contributed by atoms with Crippen molar-refractivity contribution < 1.29 is 26.3 Å². The predicted molar refractivity (Wildman–Crippen MR) is 75.2 cm³/mol. The van der Waals surface area contributed by atoms with Gasteiger partial charge in [0.1, 0.15) is 0 Å². The van der Waals surface area contributed by atoms with Crippen LogP contribution in [0.25, 0.3) is 0 Å². The van der Waals surface area contributed by atoms with Gasteiger partial charge in [0.25, 0.3) is 0 Å². The lowest BCUT2D eigenvalue weighted by Crippen LogP contribution is -2.34. The Morgan fingerprint density at radius 3 is 2.32 bits per heavy atom. The molecule has 0 radical (unpaired) electrons. The number of benzene rings is 1. The van der Waals surface area contributed by atoms with Crippen LogP contribution in [0.4, 0.5) is 13.2 Å². The maximum Gasteiger partial charge on any atom is 0.212 e. The lowest BCUT2D eigenvalue weighted by atomic mass is 10.0. The molecule has 4 nitrogen and oxygen atoms in total. The summed E-state index contributed by atoms with van der Waals surface area (Å²) in [5, 5.41) is 0. The molecule has 0 spiro atoms. The Labute approximate surface area is 127 Å². The third-order valence-corrected chi connectivity index (χ3v) is 5.28. The van der Waals surface area contributed by atoms with Crippen molar-refractivity contribution in [1.82, 2.24) is 4.72 Å². The maximum absolute atomic E-state index is 13.2. The number of rotatable bonds is 5. The van der Waals surface area contributed by atoms with E-state index in [0.29, 0.717) is 26.1 Å². The molecule has 2 rings (SSSR count). The van der Waals surface area contributed by atoms with Crippen LogP contribution in [0.1, 0.15) is 31.4 Å². The molecule has 1 aromatic rings. The van der Waals surface area contributed by atoms with E-state index in [4.69, 9.17) is 4.74 Å². The highest BCUT2D eigenvalue weighted by Gasteiger charge is 2.24. The van der Waals surface area contributed by atoms with Gasteiger partial charge in [-0.2, -0.15) is 0 Å². The van der Waals surface area contributed by atoms with Gasteiger partial charge in [0.05, 0.1) is 5.75 Å². The summed E-state index contributed by atoms with van der Waals surface area (Å²) in [6.45, 7) is 2.52. The molecule has 1 heterocycles. The van der Waals surface area contributed by atoms with E-state index in [1.165, 1.54) is 6.92 Å². The Morgan fingerprint density at radius 2 is 1.77 bits per heavy atom. The first-order valence-electron chi connectivity index (χ1n) is 7.00. The topological polar surface area (TPSA) is 55.4 Å². The predicted octanol–water partition coefficient (Wildman–Crippen LogP) is 2.51. The fourth-order valence-electron chi connectivity index (χ4n) is 2.43. The molecule has 1 N–H and O–H groups in total. The van der Waals surface area contributed by atoms with Crippen molar-refractivity contribution in [2.75, 3.05) is 19.0 Å². The van der Waals surface area contributed by atoms with Crippen molar-refractivity contribution in [3.63, 3.8) is 0 Å². The van der Waals surface area contributed by atoms with Gasteiger partial charge in [0.15, 0.2) is 17.5 Å². The monoisotopic (exact) mass is 337 g/mol. The van der Waals surface area contributed by atoms with Crippen LogP contribution in [0.15, 0.2) is 12.1 Å². The minimum absolute atomic E-state index is 0.000130. The van der Waals surface area contributed by atoms with Crippen LogP contribution in [0, 0.1) is 23.4 Å².